The van der Waals surface area contributed by atoms with Gasteiger partial charge in [-0.3, -0.25) is 4.79 Å². The Morgan fingerprint density at radius 1 is 0.846 bits per heavy atom. The van der Waals surface area contributed by atoms with Crippen LogP contribution in [0.5, 0.6) is 11.5 Å². The van der Waals surface area contributed by atoms with Gasteiger partial charge in [-0.15, -0.1) is 0 Å². The number of hydrogen-bond donors (Lipinski definition) is 2. The maximum absolute atomic E-state index is 10.3. The Hall–Kier alpha value is -3.27. The van der Waals surface area contributed by atoms with Crippen molar-refractivity contribution < 1.29 is 15.0 Å². The van der Waals surface area contributed by atoms with Gasteiger partial charge in [-0.25, -0.2) is 0 Å². The van der Waals surface area contributed by atoms with Gasteiger partial charge < -0.3 is 15.1 Å². The number of nitrogens with zero attached hydrogens (tertiary/aromatic N) is 1. The molecule has 2 N–H and O–H groups in total. The smallest absolute Gasteiger partial charge is 0.209 e. The van der Waals surface area contributed by atoms with Crippen molar-refractivity contribution in [3.8, 4) is 22.6 Å². The molecule has 4 heteroatoms. The molecule has 0 aliphatic heterocycles. The fraction of sp³-hybridized carbons (Fsp3) is 0.136. The predicted molar refractivity (Wildman–Crippen MR) is 104 cm³/mol. The summed E-state index contributed by atoms with van der Waals surface area (Å²) in [5.74, 6) is 0.538. The lowest BCUT2D eigenvalue weighted by atomic mass is 10.0. The molecule has 0 aliphatic rings. The zero-order valence-electron chi connectivity index (χ0n) is 15.0. The van der Waals surface area contributed by atoms with Gasteiger partial charge in [0, 0.05) is 13.6 Å². The first-order valence-electron chi connectivity index (χ1n) is 8.27. The molecule has 0 aromatic heterocycles. The van der Waals surface area contributed by atoms with Gasteiger partial charge in [-0.05, 0) is 47.9 Å². The quantitative estimate of drug-likeness (QED) is 0.689. The third-order valence-corrected chi connectivity index (χ3v) is 3.72. The molecule has 0 spiro atoms. The number of benzene rings is 3. The summed E-state index contributed by atoms with van der Waals surface area (Å²) in [5.41, 5.74) is 4.34. The third-order valence-electron chi connectivity index (χ3n) is 3.72. The topological polar surface area (TPSA) is 60.8 Å². The second-order valence-corrected chi connectivity index (χ2v) is 6.11. The van der Waals surface area contributed by atoms with Crippen LogP contribution in [0, 0.1) is 6.92 Å². The average molecular weight is 349 g/mol. The summed E-state index contributed by atoms with van der Waals surface area (Å²) in [6.45, 7) is 2.59. The highest BCUT2D eigenvalue weighted by Gasteiger charge is 1.98. The first-order chi connectivity index (χ1) is 12.5. The Kier molecular flexibility index (Phi) is 6.80. The van der Waals surface area contributed by atoms with Crippen molar-refractivity contribution in [1.82, 2.24) is 4.90 Å². The minimum atomic E-state index is 0.229. The minimum Gasteiger partial charge on any atom is -0.508 e. The number of carbonyl (C=O) groups is 1. The standard InChI is InChI=1S/C13H12O.C9H11NO2/c1-10-4-2-5-11(8-10)12-6-3-7-13(14)9-12;1-10(7-11)6-8-3-2-4-9(12)5-8/h2-9,14H,1H3;2-5,7,12H,6H2,1H3. The lowest BCUT2D eigenvalue weighted by Crippen LogP contribution is -2.14. The first-order valence-corrected chi connectivity index (χ1v) is 8.27. The molecule has 0 radical (unpaired) electrons. The SMILES string of the molecule is CN(C=O)Cc1cccc(O)c1.Cc1cccc(-c2cccc(O)c2)c1. The maximum atomic E-state index is 10.3. The monoisotopic (exact) mass is 349 g/mol. The third kappa shape index (κ3) is 5.98. The van der Waals surface area contributed by atoms with Gasteiger partial charge in [0.15, 0.2) is 0 Å². The van der Waals surface area contributed by atoms with E-state index in [1.165, 1.54) is 10.5 Å². The van der Waals surface area contributed by atoms with E-state index in [9.17, 15) is 9.90 Å². The number of aromatic hydroxyl groups is 2. The molecule has 0 bridgehead atoms. The van der Waals surface area contributed by atoms with Crippen LogP contribution in [0.25, 0.3) is 11.1 Å². The van der Waals surface area contributed by atoms with Gasteiger partial charge in [0.2, 0.25) is 6.41 Å². The van der Waals surface area contributed by atoms with E-state index in [1.807, 2.05) is 30.3 Å². The van der Waals surface area contributed by atoms with E-state index in [0.717, 1.165) is 23.1 Å². The van der Waals surface area contributed by atoms with Gasteiger partial charge in [0.05, 0.1) is 0 Å². The van der Waals surface area contributed by atoms with E-state index in [2.05, 4.69) is 19.1 Å². The molecular weight excluding hydrogens is 326 g/mol. The van der Waals surface area contributed by atoms with Gasteiger partial charge in [-0.2, -0.15) is 0 Å². The van der Waals surface area contributed by atoms with Gasteiger partial charge in [-0.1, -0.05) is 54.1 Å². The van der Waals surface area contributed by atoms with Crippen LogP contribution in [0.4, 0.5) is 0 Å². The highest BCUT2D eigenvalue weighted by atomic mass is 16.3. The van der Waals surface area contributed by atoms with E-state index in [1.54, 1.807) is 37.4 Å². The summed E-state index contributed by atoms with van der Waals surface area (Å²) < 4.78 is 0. The van der Waals surface area contributed by atoms with Crippen molar-refractivity contribution in [2.24, 2.45) is 0 Å². The normalized spacial score (nSPS) is 9.77. The predicted octanol–water partition coefficient (Wildman–Crippen LogP) is 4.35. The van der Waals surface area contributed by atoms with Crippen LogP contribution < -0.4 is 0 Å². The number of phenolic OH excluding ortho intramolecular Hbond substituents is 2. The molecular formula is C22H23NO3. The molecule has 0 heterocycles. The number of amides is 1. The molecule has 3 rings (SSSR count). The molecule has 0 saturated carbocycles. The summed E-state index contributed by atoms with van der Waals surface area (Å²) in [7, 11) is 1.69. The van der Waals surface area contributed by atoms with E-state index >= 15 is 0 Å². The van der Waals surface area contributed by atoms with Crippen LogP contribution >= 0.6 is 0 Å². The Morgan fingerprint density at radius 2 is 1.42 bits per heavy atom. The van der Waals surface area contributed by atoms with Crippen LogP contribution in [0.15, 0.2) is 72.8 Å². The number of carbonyl (C=O) groups excluding carboxylic acids is 1. The summed E-state index contributed by atoms with van der Waals surface area (Å²) in [5, 5.41) is 18.4. The molecule has 3 aromatic carbocycles. The average Bonchev–Trinajstić information content (AvgIpc) is 2.62. The van der Waals surface area contributed by atoms with E-state index < -0.39 is 0 Å². The number of aryl methyl sites for hydroxylation is 1. The van der Waals surface area contributed by atoms with Gasteiger partial charge in [0.25, 0.3) is 0 Å². The Bertz CT molecular complexity index is 818. The highest BCUT2D eigenvalue weighted by molar-refractivity contribution is 5.65. The molecule has 0 aliphatic carbocycles. The van der Waals surface area contributed by atoms with Crippen molar-refractivity contribution in [3.63, 3.8) is 0 Å². The van der Waals surface area contributed by atoms with Crippen LogP contribution in [-0.2, 0) is 11.3 Å². The second-order valence-electron chi connectivity index (χ2n) is 6.11. The number of hydrogen-bond acceptors (Lipinski definition) is 3. The molecule has 134 valence electrons. The summed E-state index contributed by atoms with van der Waals surface area (Å²) in [6, 6.07) is 22.4. The van der Waals surface area contributed by atoms with E-state index in [4.69, 9.17) is 5.11 Å². The Labute approximate surface area is 154 Å². The van der Waals surface area contributed by atoms with Gasteiger partial charge in [0.1, 0.15) is 11.5 Å². The maximum Gasteiger partial charge on any atom is 0.209 e. The summed E-state index contributed by atoms with van der Waals surface area (Å²) in [4.78, 5) is 11.8. The molecule has 1 amide bonds. The van der Waals surface area contributed by atoms with Crippen molar-refractivity contribution in [1.29, 1.82) is 0 Å². The fourth-order valence-corrected chi connectivity index (χ4v) is 2.49. The first kappa shape index (κ1) is 19.1. The largest absolute Gasteiger partial charge is 0.508 e. The summed E-state index contributed by atoms with van der Waals surface area (Å²) >= 11 is 0. The molecule has 3 aromatic rings. The van der Waals surface area contributed by atoms with Crippen LogP contribution in [0.3, 0.4) is 0 Å². The Balaban J connectivity index is 0.000000190. The summed E-state index contributed by atoms with van der Waals surface area (Å²) in [6.07, 6.45) is 0.754. The highest BCUT2D eigenvalue weighted by Crippen LogP contribution is 2.23. The molecule has 0 unspecified atom stereocenters. The zero-order valence-corrected chi connectivity index (χ0v) is 15.0. The van der Waals surface area contributed by atoms with Crippen molar-refractivity contribution in [2.45, 2.75) is 13.5 Å². The van der Waals surface area contributed by atoms with E-state index in [0.29, 0.717) is 12.3 Å². The Morgan fingerprint density at radius 3 is 2.00 bits per heavy atom. The molecule has 0 saturated heterocycles. The number of phenols is 2. The van der Waals surface area contributed by atoms with Crippen molar-refractivity contribution >= 4 is 6.41 Å². The van der Waals surface area contributed by atoms with Crippen molar-refractivity contribution in [3.05, 3.63) is 83.9 Å². The fourth-order valence-electron chi connectivity index (χ4n) is 2.49. The lowest BCUT2D eigenvalue weighted by molar-refractivity contribution is -0.117. The molecule has 0 fully saturated rings. The minimum absolute atomic E-state index is 0.229. The van der Waals surface area contributed by atoms with Crippen molar-refractivity contribution in [2.75, 3.05) is 7.05 Å². The lowest BCUT2D eigenvalue weighted by Gasteiger charge is -2.09. The zero-order chi connectivity index (χ0) is 18.9. The van der Waals surface area contributed by atoms with E-state index in [-0.39, 0.29) is 5.75 Å². The molecule has 4 nitrogen and oxygen atoms in total. The van der Waals surface area contributed by atoms with Crippen LogP contribution in [0.1, 0.15) is 11.1 Å². The second kappa shape index (κ2) is 9.28. The van der Waals surface area contributed by atoms with Crippen LogP contribution in [0.2, 0.25) is 0 Å². The van der Waals surface area contributed by atoms with Gasteiger partial charge >= 0.3 is 0 Å². The molecule has 26 heavy (non-hydrogen) atoms. The molecule has 0 atom stereocenters. The van der Waals surface area contributed by atoms with Crippen LogP contribution in [-0.4, -0.2) is 28.6 Å². The number of rotatable bonds is 4.